The van der Waals surface area contributed by atoms with Gasteiger partial charge >= 0.3 is 0 Å². The van der Waals surface area contributed by atoms with Crippen LogP contribution in [-0.4, -0.2) is 5.37 Å². The number of hydrogen-bond acceptors (Lipinski definition) is 1. The second-order valence-electron chi connectivity index (χ2n) is 1.95. The van der Waals surface area contributed by atoms with Crippen molar-refractivity contribution in [1.82, 2.24) is 0 Å². The number of halogens is 1. The van der Waals surface area contributed by atoms with E-state index in [1.54, 1.807) is 12.1 Å². The van der Waals surface area contributed by atoms with Gasteiger partial charge in [-0.3, -0.25) is 0 Å². The molecule has 0 amide bonds. The van der Waals surface area contributed by atoms with Crippen LogP contribution in [0.4, 0.5) is 4.39 Å². The van der Waals surface area contributed by atoms with Gasteiger partial charge in [-0.25, -0.2) is 4.39 Å². The van der Waals surface area contributed by atoms with Crippen LogP contribution in [0.5, 0.6) is 0 Å². The summed E-state index contributed by atoms with van der Waals surface area (Å²) in [5.41, 5.74) is 1.47. The van der Waals surface area contributed by atoms with Crippen molar-refractivity contribution in [2.75, 3.05) is 0 Å². The fraction of sp³-hybridized carbons (Fsp3) is 0.125. The van der Waals surface area contributed by atoms with E-state index < -0.39 is 6.67 Å². The maximum absolute atomic E-state index is 12.1. The van der Waals surface area contributed by atoms with Crippen molar-refractivity contribution in [3.8, 4) is 0 Å². The fourth-order valence-corrected chi connectivity index (χ4v) is 1.00. The Bertz CT molecular complexity index is 232. The fourth-order valence-electron chi connectivity index (χ4n) is 0.771. The first-order valence-electron chi connectivity index (χ1n) is 2.97. The van der Waals surface area contributed by atoms with E-state index in [4.69, 9.17) is 0 Å². The lowest BCUT2D eigenvalue weighted by atomic mass is 10.1. The van der Waals surface area contributed by atoms with E-state index in [0.717, 1.165) is 5.56 Å². The second-order valence-corrected chi connectivity index (χ2v) is 2.19. The zero-order valence-electron chi connectivity index (χ0n) is 5.38. The van der Waals surface area contributed by atoms with E-state index in [0.29, 0.717) is 5.56 Å². The van der Waals surface area contributed by atoms with Crippen LogP contribution < -0.4 is 0 Å². The summed E-state index contributed by atoms with van der Waals surface area (Å²) in [5, 5.41) is 1.49. The largest absolute Gasteiger partial charge is 0.246 e. The zero-order chi connectivity index (χ0) is 7.40. The highest BCUT2D eigenvalue weighted by atomic mass is 32.1. The standard InChI is InChI=1S/C8H7FS/c9-5-7-3-1-2-4-8(7)6-10/h1-4,6H,5H2. The van der Waals surface area contributed by atoms with Crippen LogP contribution in [0.1, 0.15) is 11.1 Å². The van der Waals surface area contributed by atoms with Crippen molar-refractivity contribution in [1.29, 1.82) is 0 Å². The average Bonchev–Trinajstić information content (AvgIpc) is 2.04. The molecule has 1 aromatic carbocycles. The van der Waals surface area contributed by atoms with Crippen LogP contribution in [-0.2, 0) is 6.67 Å². The molecule has 0 atom stereocenters. The molecule has 0 nitrogen and oxygen atoms in total. The number of hydrogen-bond donors (Lipinski definition) is 0. The van der Waals surface area contributed by atoms with E-state index in [1.165, 1.54) is 5.37 Å². The Hall–Kier alpha value is -0.760. The molecule has 1 rings (SSSR count). The summed E-state index contributed by atoms with van der Waals surface area (Å²) in [6.45, 7) is -0.441. The molecular weight excluding hydrogens is 147 g/mol. The smallest absolute Gasteiger partial charge is 0.115 e. The van der Waals surface area contributed by atoms with Crippen molar-refractivity contribution in [2.24, 2.45) is 0 Å². The van der Waals surface area contributed by atoms with E-state index >= 15 is 0 Å². The number of thiocarbonyl (C=S) groups is 1. The molecule has 0 aromatic heterocycles. The first kappa shape index (κ1) is 7.35. The third kappa shape index (κ3) is 1.39. The van der Waals surface area contributed by atoms with E-state index in [9.17, 15) is 4.39 Å². The summed E-state index contributed by atoms with van der Waals surface area (Å²) in [6, 6.07) is 7.19. The molecule has 0 N–H and O–H groups in total. The van der Waals surface area contributed by atoms with Gasteiger partial charge in [0.15, 0.2) is 0 Å². The van der Waals surface area contributed by atoms with Crippen LogP contribution in [0.25, 0.3) is 0 Å². The summed E-state index contributed by atoms with van der Waals surface area (Å²) in [7, 11) is 0. The van der Waals surface area contributed by atoms with Gasteiger partial charge in [0.1, 0.15) is 6.67 Å². The summed E-state index contributed by atoms with van der Waals surface area (Å²) in [5.74, 6) is 0. The van der Waals surface area contributed by atoms with Crippen LogP contribution in [0.3, 0.4) is 0 Å². The number of benzene rings is 1. The van der Waals surface area contributed by atoms with Gasteiger partial charge in [-0.05, 0) is 11.1 Å². The summed E-state index contributed by atoms with van der Waals surface area (Å²) < 4.78 is 12.1. The predicted octanol–water partition coefficient (Wildman–Crippen LogP) is 2.50. The Morgan fingerprint density at radius 3 is 2.60 bits per heavy atom. The topological polar surface area (TPSA) is 0 Å². The molecule has 0 spiro atoms. The van der Waals surface area contributed by atoms with E-state index in [2.05, 4.69) is 12.2 Å². The Kier molecular flexibility index (Phi) is 2.51. The molecule has 0 unspecified atom stereocenters. The lowest BCUT2D eigenvalue weighted by molar-refractivity contribution is 0.485. The molecular formula is C8H7FS. The first-order valence-corrected chi connectivity index (χ1v) is 3.44. The van der Waals surface area contributed by atoms with Crippen molar-refractivity contribution < 1.29 is 4.39 Å². The van der Waals surface area contributed by atoms with Gasteiger partial charge in [-0.2, -0.15) is 0 Å². The van der Waals surface area contributed by atoms with Crippen LogP contribution >= 0.6 is 12.2 Å². The highest BCUT2D eigenvalue weighted by molar-refractivity contribution is 7.79. The molecule has 52 valence electrons. The molecule has 10 heavy (non-hydrogen) atoms. The van der Waals surface area contributed by atoms with Crippen LogP contribution in [0.2, 0.25) is 0 Å². The molecule has 0 bridgehead atoms. The third-order valence-electron chi connectivity index (χ3n) is 1.33. The molecule has 0 radical (unpaired) electrons. The van der Waals surface area contributed by atoms with Gasteiger partial charge in [0.25, 0.3) is 0 Å². The molecule has 0 aliphatic carbocycles. The monoisotopic (exact) mass is 154 g/mol. The van der Waals surface area contributed by atoms with E-state index in [1.807, 2.05) is 12.1 Å². The van der Waals surface area contributed by atoms with Gasteiger partial charge in [-0.15, -0.1) is 0 Å². The zero-order valence-corrected chi connectivity index (χ0v) is 6.20. The van der Waals surface area contributed by atoms with Gasteiger partial charge in [-0.1, -0.05) is 36.5 Å². The number of rotatable bonds is 2. The summed E-state index contributed by atoms with van der Waals surface area (Å²) in [6.07, 6.45) is 0. The van der Waals surface area contributed by atoms with Gasteiger partial charge in [0.2, 0.25) is 0 Å². The minimum atomic E-state index is -0.441. The maximum atomic E-state index is 12.1. The molecule has 2 heteroatoms. The SMILES string of the molecule is FCc1ccccc1C=S. The van der Waals surface area contributed by atoms with Crippen LogP contribution in [0, 0.1) is 0 Å². The molecule has 0 fully saturated rings. The summed E-state index contributed by atoms with van der Waals surface area (Å²) in [4.78, 5) is 0. The molecule has 0 saturated heterocycles. The van der Waals surface area contributed by atoms with Crippen molar-refractivity contribution in [3.05, 3.63) is 35.4 Å². The van der Waals surface area contributed by atoms with Crippen LogP contribution in [0.15, 0.2) is 24.3 Å². The predicted molar refractivity (Wildman–Crippen MR) is 44.0 cm³/mol. The normalized spacial score (nSPS) is 9.30. The average molecular weight is 154 g/mol. The quantitative estimate of drug-likeness (QED) is 0.590. The lowest BCUT2D eigenvalue weighted by Crippen LogP contribution is -1.86. The molecule has 0 aliphatic heterocycles. The van der Waals surface area contributed by atoms with Crippen molar-refractivity contribution >= 4 is 17.6 Å². The lowest BCUT2D eigenvalue weighted by Gasteiger charge is -1.96. The van der Waals surface area contributed by atoms with Gasteiger partial charge in [0.05, 0.1) is 0 Å². The Labute approximate surface area is 64.7 Å². The molecule has 1 aromatic rings. The molecule has 0 saturated carbocycles. The first-order chi connectivity index (χ1) is 4.88. The second kappa shape index (κ2) is 3.42. The molecule has 0 aliphatic rings. The van der Waals surface area contributed by atoms with E-state index in [-0.39, 0.29) is 0 Å². The Morgan fingerprint density at radius 2 is 2.10 bits per heavy atom. The Morgan fingerprint density at radius 1 is 1.40 bits per heavy atom. The maximum Gasteiger partial charge on any atom is 0.115 e. The van der Waals surface area contributed by atoms with Gasteiger partial charge < -0.3 is 0 Å². The van der Waals surface area contributed by atoms with Crippen molar-refractivity contribution in [2.45, 2.75) is 6.67 Å². The summed E-state index contributed by atoms with van der Waals surface area (Å²) >= 11 is 4.68. The minimum Gasteiger partial charge on any atom is -0.246 e. The highest BCUT2D eigenvalue weighted by Crippen LogP contribution is 2.06. The minimum absolute atomic E-state index is 0.441. The molecule has 0 heterocycles. The number of alkyl halides is 1. The van der Waals surface area contributed by atoms with Gasteiger partial charge in [0, 0.05) is 5.37 Å². The van der Waals surface area contributed by atoms with Crippen molar-refractivity contribution in [3.63, 3.8) is 0 Å². The Balaban J connectivity index is 3.08. The highest BCUT2D eigenvalue weighted by Gasteiger charge is 1.94. The third-order valence-corrected chi connectivity index (χ3v) is 1.58.